The van der Waals surface area contributed by atoms with Crippen molar-refractivity contribution in [1.82, 2.24) is 5.32 Å². The van der Waals surface area contributed by atoms with Crippen LogP contribution in [0, 0.1) is 0 Å². The summed E-state index contributed by atoms with van der Waals surface area (Å²) in [4.78, 5) is 1.47. The zero-order valence-corrected chi connectivity index (χ0v) is 12.1. The maximum atomic E-state index is 3.55. The number of nitrogens with one attached hydrogen (secondary N) is 2. The first-order valence-corrected chi connectivity index (χ1v) is 7.86. The van der Waals surface area contributed by atoms with E-state index in [0.29, 0.717) is 0 Å². The van der Waals surface area contributed by atoms with Crippen LogP contribution in [0.25, 0.3) is 0 Å². The number of hydrogen-bond donors (Lipinski definition) is 2. The van der Waals surface area contributed by atoms with Crippen LogP contribution in [0.2, 0.25) is 0 Å². The molecule has 0 radical (unpaired) electrons. The summed E-state index contributed by atoms with van der Waals surface area (Å²) < 4.78 is 0. The molecule has 1 aliphatic heterocycles. The largest absolute Gasteiger partial charge is 0.384 e. The summed E-state index contributed by atoms with van der Waals surface area (Å²) in [5.41, 5.74) is 5.62. The van der Waals surface area contributed by atoms with Crippen LogP contribution in [0.5, 0.6) is 0 Å². The van der Waals surface area contributed by atoms with Crippen molar-refractivity contribution in [3.8, 4) is 0 Å². The van der Waals surface area contributed by atoms with Gasteiger partial charge in [-0.1, -0.05) is 19.1 Å². The van der Waals surface area contributed by atoms with Crippen molar-refractivity contribution >= 4 is 17.0 Å². The molecule has 1 aromatic carbocycles. The van der Waals surface area contributed by atoms with Crippen molar-refractivity contribution in [2.45, 2.75) is 32.9 Å². The molecule has 19 heavy (non-hydrogen) atoms. The van der Waals surface area contributed by atoms with Gasteiger partial charge in [0.1, 0.15) is 0 Å². The van der Waals surface area contributed by atoms with E-state index < -0.39 is 0 Å². The summed E-state index contributed by atoms with van der Waals surface area (Å²) in [5, 5.41) is 9.18. The van der Waals surface area contributed by atoms with Crippen LogP contribution in [0.4, 0.5) is 5.69 Å². The average Bonchev–Trinajstić information content (AvgIpc) is 3.06. The Labute approximate surface area is 118 Å². The highest BCUT2D eigenvalue weighted by Crippen LogP contribution is 2.23. The molecule has 0 unspecified atom stereocenters. The summed E-state index contributed by atoms with van der Waals surface area (Å²) >= 11 is 1.85. The molecule has 0 saturated carbocycles. The second-order valence-electron chi connectivity index (χ2n) is 4.99. The fraction of sp³-hybridized carbons (Fsp3) is 0.375. The normalized spacial score (nSPS) is 13.3. The molecule has 2 N–H and O–H groups in total. The number of hydrogen-bond acceptors (Lipinski definition) is 3. The Kier molecular flexibility index (Phi) is 3.85. The summed E-state index contributed by atoms with van der Waals surface area (Å²) in [6.45, 7) is 5.22. The number of aryl methyl sites for hydroxylation is 1. The van der Waals surface area contributed by atoms with E-state index in [2.05, 4.69) is 47.2 Å². The Bertz CT molecular complexity index is 560. The monoisotopic (exact) mass is 272 g/mol. The molecular weight excluding hydrogens is 252 g/mol. The van der Waals surface area contributed by atoms with E-state index in [1.807, 2.05) is 11.3 Å². The van der Waals surface area contributed by atoms with Crippen LogP contribution in [0.1, 0.15) is 28.5 Å². The predicted octanol–water partition coefficient (Wildman–Crippen LogP) is 3.57. The Morgan fingerprint density at radius 3 is 3.11 bits per heavy atom. The summed E-state index contributed by atoms with van der Waals surface area (Å²) in [6.07, 6.45) is 2.29. The quantitative estimate of drug-likeness (QED) is 0.869. The second-order valence-corrected chi connectivity index (χ2v) is 6.00. The molecule has 3 heteroatoms. The molecule has 0 aliphatic carbocycles. The van der Waals surface area contributed by atoms with Crippen molar-refractivity contribution in [3.05, 3.63) is 51.2 Å². The van der Waals surface area contributed by atoms with E-state index in [0.717, 1.165) is 32.5 Å². The topological polar surface area (TPSA) is 24.1 Å². The van der Waals surface area contributed by atoms with Gasteiger partial charge in [0.15, 0.2) is 0 Å². The standard InChI is InChI=1S/C16H20N2S/c1-2-13-6-8-19-16(13)11-17-10-12-3-4-14-5-7-18-15(14)9-12/h3-4,6,8-9,17-18H,2,5,7,10-11H2,1H3. The summed E-state index contributed by atoms with van der Waals surface area (Å²) in [5.74, 6) is 0. The van der Waals surface area contributed by atoms with Crippen LogP contribution in [0.3, 0.4) is 0 Å². The number of anilines is 1. The van der Waals surface area contributed by atoms with Gasteiger partial charge < -0.3 is 10.6 Å². The molecule has 0 atom stereocenters. The first-order chi connectivity index (χ1) is 9.36. The number of rotatable bonds is 5. The van der Waals surface area contributed by atoms with Gasteiger partial charge in [-0.25, -0.2) is 0 Å². The minimum atomic E-state index is 0.940. The highest BCUT2D eigenvalue weighted by atomic mass is 32.1. The van der Waals surface area contributed by atoms with Gasteiger partial charge in [0.05, 0.1) is 0 Å². The third-order valence-electron chi connectivity index (χ3n) is 3.72. The van der Waals surface area contributed by atoms with E-state index in [1.54, 1.807) is 0 Å². The van der Waals surface area contributed by atoms with Gasteiger partial charge in [0.25, 0.3) is 0 Å². The molecular formula is C16H20N2S. The van der Waals surface area contributed by atoms with E-state index in [9.17, 15) is 0 Å². The molecule has 2 nitrogen and oxygen atoms in total. The lowest BCUT2D eigenvalue weighted by atomic mass is 10.1. The maximum absolute atomic E-state index is 3.55. The van der Waals surface area contributed by atoms with Crippen LogP contribution < -0.4 is 10.6 Å². The smallest absolute Gasteiger partial charge is 0.0376 e. The van der Waals surface area contributed by atoms with Crippen molar-refractivity contribution in [3.63, 3.8) is 0 Å². The van der Waals surface area contributed by atoms with Crippen LogP contribution in [-0.4, -0.2) is 6.54 Å². The minimum Gasteiger partial charge on any atom is -0.384 e. The maximum Gasteiger partial charge on any atom is 0.0376 e. The Hall–Kier alpha value is -1.32. The highest BCUT2D eigenvalue weighted by Gasteiger charge is 2.09. The van der Waals surface area contributed by atoms with Gasteiger partial charge in [-0.3, -0.25) is 0 Å². The molecule has 0 fully saturated rings. The highest BCUT2D eigenvalue weighted by molar-refractivity contribution is 7.10. The molecule has 0 spiro atoms. The van der Waals surface area contributed by atoms with Gasteiger partial charge in [-0.05, 0) is 47.0 Å². The van der Waals surface area contributed by atoms with Crippen molar-refractivity contribution < 1.29 is 0 Å². The van der Waals surface area contributed by atoms with Crippen molar-refractivity contribution in [1.29, 1.82) is 0 Å². The second kappa shape index (κ2) is 5.76. The van der Waals surface area contributed by atoms with E-state index in [1.165, 1.54) is 27.3 Å². The van der Waals surface area contributed by atoms with E-state index in [-0.39, 0.29) is 0 Å². The van der Waals surface area contributed by atoms with Gasteiger partial charge in [-0.15, -0.1) is 11.3 Å². The first-order valence-electron chi connectivity index (χ1n) is 6.98. The predicted molar refractivity (Wildman–Crippen MR) is 82.9 cm³/mol. The zero-order chi connectivity index (χ0) is 13.1. The summed E-state index contributed by atoms with van der Waals surface area (Å²) in [6, 6.07) is 9.02. The lowest BCUT2D eigenvalue weighted by molar-refractivity contribution is 0.697. The van der Waals surface area contributed by atoms with Gasteiger partial charge in [-0.2, -0.15) is 0 Å². The molecule has 100 valence electrons. The Morgan fingerprint density at radius 1 is 1.26 bits per heavy atom. The number of thiophene rings is 1. The van der Waals surface area contributed by atoms with Gasteiger partial charge >= 0.3 is 0 Å². The Balaban J connectivity index is 1.58. The molecule has 1 aromatic heterocycles. The number of benzene rings is 1. The third kappa shape index (κ3) is 2.82. The van der Waals surface area contributed by atoms with Crippen molar-refractivity contribution in [2.75, 3.05) is 11.9 Å². The molecule has 2 aromatic rings. The average molecular weight is 272 g/mol. The third-order valence-corrected chi connectivity index (χ3v) is 4.68. The minimum absolute atomic E-state index is 0.940. The fourth-order valence-corrected chi connectivity index (χ4v) is 3.55. The SMILES string of the molecule is CCc1ccsc1CNCc1ccc2c(c1)NCC2. The van der Waals surface area contributed by atoms with Crippen LogP contribution >= 0.6 is 11.3 Å². The Morgan fingerprint density at radius 2 is 2.21 bits per heavy atom. The van der Waals surface area contributed by atoms with E-state index in [4.69, 9.17) is 0 Å². The molecule has 0 bridgehead atoms. The van der Waals surface area contributed by atoms with Gasteiger partial charge in [0, 0.05) is 30.2 Å². The van der Waals surface area contributed by atoms with Crippen LogP contribution in [-0.2, 0) is 25.9 Å². The molecule has 2 heterocycles. The van der Waals surface area contributed by atoms with Gasteiger partial charge in [0.2, 0.25) is 0 Å². The molecule has 3 rings (SSSR count). The fourth-order valence-electron chi connectivity index (χ4n) is 2.61. The lowest BCUT2D eigenvalue weighted by Gasteiger charge is -2.07. The number of fused-ring (bicyclic) bond motifs is 1. The van der Waals surface area contributed by atoms with Crippen molar-refractivity contribution in [2.24, 2.45) is 0 Å². The first kappa shape index (κ1) is 12.7. The summed E-state index contributed by atoms with van der Waals surface area (Å²) in [7, 11) is 0. The molecule has 0 saturated heterocycles. The van der Waals surface area contributed by atoms with E-state index >= 15 is 0 Å². The molecule has 1 aliphatic rings. The lowest BCUT2D eigenvalue weighted by Crippen LogP contribution is -2.12. The molecule has 0 amide bonds. The van der Waals surface area contributed by atoms with Crippen LogP contribution in [0.15, 0.2) is 29.6 Å². The zero-order valence-electron chi connectivity index (χ0n) is 11.3.